The van der Waals surface area contributed by atoms with Crippen molar-refractivity contribution in [2.24, 2.45) is 5.92 Å². The van der Waals surface area contributed by atoms with Crippen LogP contribution in [0.2, 0.25) is 0 Å². The third-order valence-electron chi connectivity index (χ3n) is 3.45. The van der Waals surface area contributed by atoms with Gasteiger partial charge in [0.25, 0.3) is 0 Å². The van der Waals surface area contributed by atoms with Gasteiger partial charge in [0.2, 0.25) is 5.91 Å². The molecule has 4 nitrogen and oxygen atoms in total. The fourth-order valence-corrected chi connectivity index (χ4v) is 1.77. The van der Waals surface area contributed by atoms with E-state index in [-0.39, 0.29) is 24.7 Å². The van der Waals surface area contributed by atoms with Crippen LogP contribution in [0.3, 0.4) is 0 Å². The maximum atomic E-state index is 11.6. The van der Waals surface area contributed by atoms with E-state index in [1.807, 2.05) is 6.92 Å². The lowest BCUT2D eigenvalue weighted by molar-refractivity contribution is -0.129. The van der Waals surface area contributed by atoms with Crippen LogP contribution in [0, 0.1) is 5.92 Å². The molecule has 1 amide bonds. The molecule has 1 aliphatic heterocycles. The van der Waals surface area contributed by atoms with Crippen LogP contribution in [-0.4, -0.2) is 37.2 Å². The summed E-state index contributed by atoms with van der Waals surface area (Å²) in [5, 5.41) is 6.30. The highest BCUT2D eigenvalue weighted by Crippen LogP contribution is 2.10. The highest BCUT2D eigenvalue weighted by atomic mass is 16.5. The van der Waals surface area contributed by atoms with E-state index in [2.05, 4.69) is 31.4 Å². The molecule has 3 unspecified atom stereocenters. The lowest BCUT2D eigenvalue weighted by atomic mass is 10.0. The predicted octanol–water partition coefficient (Wildman–Crippen LogP) is 1.30. The Balaban J connectivity index is 2.15. The summed E-state index contributed by atoms with van der Waals surface area (Å²) in [6.45, 7) is 9.42. The van der Waals surface area contributed by atoms with Gasteiger partial charge < -0.3 is 15.4 Å². The summed E-state index contributed by atoms with van der Waals surface area (Å²) in [5.74, 6) is 0.445. The van der Waals surface area contributed by atoms with Crippen molar-refractivity contribution in [1.29, 1.82) is 0 Å². The average Bonchev–Trinajstić information content (AvgIpc) is 2.28. The van der Waals surface area contributed by atoms with Crippen LogP contribution in [0.25, 0.3) is 0 Å². The van der Waals surface area contributed by atoms with E-state index in [4.69, 9.17) is 4.74 Å². The molecule has 1 saturated heterocycles. The largest absolute Gasteiger partial charge is 0.367 e. The summed E-state index contributed by atoms with van der Waals surface area (Å²) in [6, 6.07) is 0.778. The number of piperidine rings is 1. The minimum atomic E-state index is -0.00942. The van der Waals surface area contributed by atoms with Crippen molar-refractivity contribution in [3.05, 3.63) is 0 Å². The topological polar surface area (TPSA) is 50.4 Å². The van der Waals surface area contributed by atoms with Crippen molar-refractivity contribution in [1.82, 2.24) is 10.6 Å². The third-order valence-corrected chi connectivity index (χ3v) is 3.45. The first-order valence-electron chi connectivity index (χ1n) is 6.63. The van der Waals surface area contributed by atoms with Gasteiger partial charge in [-0.3, -0.25) is 4.79 Å². The van der Waals surface area contributed by atoms with Gasteiger partial charge in [0.05, 0.1) is 6.10 Å². The lowest BCUT2D eigenvalue weighted by Crippen LogP contribution is -2.43. The molecule has 1 heterocycles. The molecule has 0 aromatic heterocycles. The number of carbonyl (C=O) groups excluding carboxylic acids is 1. The normalized spacial score (nSPS) is 26.9. The van der Waals surface area contributed by atoms with E-state index < -0.39 is 0 Å². The minimum absolute atomic E-state index is 0.00942. The second-order valence-corrected chi connectivity index (χ2v) is 5.42. The number of hydrogen-bond acceptors (Lipinski definition) is 3. The van der Waals surface area contributed by atoms with Crippen LogP contribution < -0.4 is 10.6 Å². The molecule has 0 aromatic rings. The molecular weight excluding hydrogens is 216 g/mol. The van der Waals surface area contributed by atoms with Gasteiger partial charge in [0, 0.05) is 18.6 Å². The molecule has 1 fully saturated rings. The maximum absolute atomic E-state index is 11.6. The zero-order valence-electron chi connectivity index (χ0n) is 11.5. The summed E-state index contributed by atoms with van der Waals surface area (Å²) >= 11 is 0. The molecule has 4 heteroatoms. The van der Waals surface area contributed by atoms with Crippen LogP contribution in [0.4, 0.5) is 0 Å². The molecular formula is C13H26N2O2. The summed E-state index contributed by atoms with van der Waals surface area (Å²) in [5.41, 5.74) is 0. The number of rotatable bonds is 5. The fourth-order valence-electron chi connectivity index (χ4n) is 1.77. The molecule has 100 valence electrons. The monoisotopic (exact) mass is 242 g/mol. The Kier molecular flexibility index (Phi) is 5.92. The van der Waals surface area contributed by atoms with Crippen LogP contribution in [0.1, 0.15) is 40.5 Å². The lowest BCUT2D eigenvalue weighted by Gasteiger charge is -2.27. The zero-order chi connectivity index (χ0) is 12.8. The number of hydrogen-bond donors (Lipinski definition) is 2. The molecule has 0 saturated carbocycles. The minimum Gasteiger partial charge on any atom is -0.367 e. The molecule has 0 aliphatic carbocycles. The maximum Gasteiger partial charge on any atom is 0.246 e. The molecule has 1 rings (SSSR count). The highest BCUT2D eigenvalue weighted by molar-refractivity contribution is 5.77. The van der Waals surface area contributed by atoms with Crippen molar-refractivity contribution < 1.29 is 9.53 Å². The van der Waals surface area contributed by atoms with Crippen LogP contribution >= 0.6 is 0 Å². The van der Waals surface area contributed by atoms with Gasteiger partial charge in [0.15, 0.2) is 0 Å². The second-order valence-electron chi connectivity index (χ2n) is 5.42. The van der Waals surface area contributed by atoms with E-state index in [9.17, 15) is 4.79 Å². The van der Waals surface area contributed by atoms with E-state index in [0.29, 0.717) is 12.0 Å². The van der Waals surface area contributed by atoms with Crippen LogP contribution in [-0.2, 0) is 9.53 Å². The number of ether oxygens (including phenoxy) is 1. The predicted molar refractivity (Wildman–Crippen MR) is 68.9 cm³/mol. The zero-order valence-corrected chi connectivity index (χ0v) is 11.5. The fraction of sp³-hybridized carbons (Fsp3) is 0.923. The summed E-state index contributed by atoms with van der Waals surface area (Å²) in [6.07, 6.45) is 2.35. The Hall–Kier alpha value is -0.610. The van der Waals surface area contributed by atoms with Crippen LogP contribution in [0.15, 0.2) is 0 Å². The molecule has 2 N–H and O–H groups in total. The van der Waals surface area contributed by atoms with Crippen molar-refractivity contribution >= 4 is 5.91 Å². The first-order chi connectivity index (χ1) is 7.99. The van der Waals surface area contributed by atoms with Gasteiger partial charge in [-0.25, -0.2) is 0 Å². The van der Waals surface area contributed by atoms with Crippen molar-refractivity contribution in [2.75, 3.05) is 13.2 Å². The molecule has 0 radical (unpaired) electrons. The molecule has 17 heavy (non-hydrogen) atoms. The Morgan fingerprint density at radius 1 is 1.41 bits per heavy atom. The van der Waals surface area contributed by atoms with Gasteiger partial charge in [-0.15, -0.1) is 0 Å². The average molecular weight is 242 g/mol. The van der Waals surface area contributed by atoms with Gasteiger partial charge in [-0.1, -0.05) is 13.8 Å². The van der Waals surface area contributed by atoms with Crippen molar-refractivity contribution in [3.63, 3.8) is 0 Å². The Bertz CT molecular complexity index is 236. The number of carbonyl (C=O) groups is 1. The standard InChI is InChI=1S/C13H26N2O2/c1-9(2)11(4)15-13(16)8-17-12-6-5-10(3)14-7-12/h9-12,14H,5-8H2,1-4H3,(H,15,16). The smallest absolute Gasteiger partial charge is 0.246 e. The third kappa shape index (κ3) is 5.50. The molecule has 3 atom stereocenters. The Morgan fingerprint density at radius 2 is 2.12 bits per heavy atom. The molecule has 0 bridgehead atoms. The molecule has 0 spiro atoms. The Labute approximate surface area is 104 Å². The van der Waals surface area contributed by atoms with E-state index in [1.165, 1.54) is 0 Å². The number of amides is 1. The van der Waals surface area contributed by atoms with E-state index >= 15 is 0 Å². The summed E-state index contributed by atoms with van der Waals surface area (Å²) < 4.78 is 5.60. The van der Waals surface area contributed by atoms with Gasteiger partial charge in [0.1, 0.15) is 6.61 Å². The quantitative estimate of drug-likeness (QED) is 0.764. The second kappa shape index (κ2) is 6.97. The highest BCUT2D eigenvalue weighted by Gasteiger charge is 2.19. The van der Waals surface area contributed by atoms with Gasteiger partial charge in [-0.05, 0) is 32.6 Å². The molecule has 0 aromatic carbocycles. The van der Waals surface area contributed by atoms with E-state index in [1.54, 1.807) is 0 Å². The van der Waals surface area contributed by atoms with Crippen molar-refractivity contribution in [2.45, 2.75) is 58.7 Å². The van der Waals surface area contributed by atoms with Crippen LogP contribution in [0.5, 0.6) is 0 Å². The summed E-state index contributed by atoms with van der Waals surface area (Å²) in [7, 11) is 0. The first kappa shape index (κ1) is 14.5. The summed E-state index contributed by atoms with van der Waals surface area (Å²) in [4.78, 5) is 11.6. The SMILES string of the molecule is CC1CCC(OCC(=O)NC(C)C(C)C)CN1. The van der Waals surface area contributed by atoms with Gasteiger partial charge >= 0.3 is 0 Å². The van der Waals surface area contributed by atoms with Crippen molar-refractivity contribution in [3.8, 4) is 0 Å². The molecule has 1 aliphatic rings. The van der Waals surface area contributed by atoms with Gasteiger partial charge in [-0.2, -0.15) is 0 Å². The van der Waals surface area contributed by atoms with E-state index in [0.717, 1.165) is 19.4 Å². The Morgan fingerprint density at radius 3 is 2.65 bits per heavy atom. The first-order valence-corrected chi connectivity index (χ1v) is 6.63. The number of nitrogens with one attached hydrogen (secondary N) is 2.